The highest BCUT2D eigenvalue weighted by Crippen LogP contribution is 2.38. The Balaban J connectivity index is 1.51. The van der Waals surface area contributed by atoms with Gasteiger partial charge >= 0.3 is 0 Å². The largest absolute Gasteiger partial charge is 0.193 e. The molecule has 2 aliphatic rings. The molecule has 0 N–H and O–H groups in total. The first-order chi connectivity index (χ1) is 12.3. The maximum absolute atomic E-state index is 8.53. The molecule has 0 saturated heterocycles. The van der Waals surface area contributed by atoms with E-state index in [1.807, 2.05) is 6.08 Å². The monoisotopic (exact) mass is 343 g/mol. The third-order valence-corrected chi connectivity index (χ3v) is 7.07. The summed E-state index contributed by atoms with van der Waals surface area (Å²) in [6, 6.07) is 2.09. The molecule has 0 heterocycles. The van der Waals surface area contributed by atoms with Gasteiger partial charge in [0, 0.05) is 6.08 Å². The third-order valence-electron chi connectivity index (χ3n) is 7.07. The minimum absolute atomic E-state index is 0.929. The lowest BCUT2D eigenvalue weighted by Crippen LogP contribution is -2.18. The highest BCUT2D eigenvalue weighted by molar-refractivity contribution is 5.01. The zero-order valence-electron chi connectivity index (χ0n) is 16.7. The first kappa shape index (κ1) is 20.5. The molecule has 0 amide bonds. The maximum atomic E-state index is 8.53. The van der Waals surface area contributed by atoms with E-state index < -0.39 is 0 Å². The van der Waals surface area contributed by atoms with E-state index in [-0.39, 0.29) is 0 Å². The molecular weight excluding hydrogens is 302 g/mol. The molecule has 0 aromatic carbocycles. The van der Waals surface area contributed by atoms with Crippen molar-refractivity contribution in [3.8, 4) is 6.07 Å². The van der Waals surface area contributed by atoms with E-state index in [0.29, 0.717) is 0 Å². The molecule has 1 nitrogen and oxygen atoms in total. The summed E-state index contributed by atoms with van der Waals surface area (Å²) in [6.07, 6.45) is 26.8. The number of rotatable bonds is 10. The van der Waals surface area contributed by atoms with E-state index in [4.69, 9.17) is 5.26 Å². The Hall–Kier alpha value is -0.770. The number of hydrogen-bond donors (Lipinski definition) is 0. The molecule has 1 heteroatoms. The van der Waals surface area contributed by atoms with Crippen LogP contribution in [0.15, 0.2) is 12.2 Å². The second-order valence-electron chi connectivity index (χ2n) is 8.96. The smallest absolute Gasteiger partial charge is 0.0908 e. The lowest BCUT2D eigenvalue weighted by Gasteiger charge is -2.32. The van der Waals surface area contributed by atoms with Gasteiger partial charge in [0.05, 0.1) is 6.07 Å². The van der Waals surface area contributed by atoms with Crippen molar-refractivity contribution in [1.82, 2.24) is 0 Å². The highest BCUT2D eigenvalue weighted by atomic mass is 14.3. The van der Waals surface area contributed by atoms with Gasteiger partial charge in [0.2, 0.25) is 0 Å². The number of hydrogen-bond acceptors (Lipinski definition) is 1. The van der Waals surface area contributed by atoms with Crippen LogP contribution in [0.5, 0.6) is 0 Å². The van der Waals surface area contributed by atoms with Crippen molar-refractivity contribution in [2.45, 2.75) is 110 Å². The predicted octanol–water partition coefficient (Wildman–Crippen LogP) is 7.82. The van der Waals surface area contributed by atoms with E-state index in [2.05, 4.69) is 13.0 Å². The molecule has 0 bridgehead atoms. The van der Waals surface area contributed by atoms with Crippen LogP contribution in [0.1, 0.15) is 110 Å². The maximum Gasteiger partial charge on any atom is 0.0908 e. The van der Waals surface area contributed by atoms with Crippen molar-refractivity contribution in [1.29, 1.82) is 5.26 Å². The van der Waals surface area contributed by atoms with Crippen molar-refractivity contribution in [3.05, 3.63) is 12.2 Å². The molecule has 0 unspecified atom stereocenters. The van der Waals surface area contributed by atoms with E-state index >= 15 is 0 Å². The average molecular weight is 344 g/mol. The quantitative estimate of drug-likeness (QED) is 0.293. The Labute approximate surface area is 157 Å². The second kappa shape index (κ2) is 12.6. The van der Waals surface area contributed by atoms with Crippen LogP contribution in [0.2, 0.25) is 0 Å². The van der Waals surface area contributed by atoms with Crippen LogP contribution in [0.3, 0.4) is 0 Å². The second-order valence-corrected chi connectivity index (χ2v) is 8.96. The zero-order valence-corrected chi connectivity index (χ0v) is 16.7. The summed E-state index contributed by atoms with van der Waals surface area (Å²) in [6.45, 7) is 2.32. The van der Waals surface area contributed by atoms with Gasteiger partial charge in [-0.2, -0.15) is 5.26 Å². The van der Waals surface area contributed by atoms with Crippen LogP contribution in [0.4, 0.5) is 0 Å². The molecule has 0 spiro atoms. The predicted molar refractivity (Wildman–Crippen MR) is 108 cm³/mol. The number of nitrogens with zero attached hydrogens (tertiary/aromatic N) is 1. The molecule has 0 aromatic rings. The topological polar surface area (TPSA) is 23.8 Å². The lowest BCUT2D eigenvalue weighted by molar-refractivity contribution is 0.209. The summed E-state index contributed by atoms with van der Waals surface area (Å²) in [7, 11) is 0. The fraction of sp³-hybridized carbons (Fsp3) is 0.875. The van der Waals surface area contributed by atoms with Gasteiger partial charge in [-0.15, -0.1) is 0 Å². The summed E-state index contributed by atoms with van der Waals surface area (Å²) in [5.74, 6) is 4.07. The third kappa shape index (κ3) is 8.44. The van der Waals surface area contributed by atoms with Gasteiger partial charge in [0.25, 0.3) is 0 Å². The lowest BCUT2D eigenvalue weighted by atomic mass is 9.74. The molecule has 142 valence electrons. The van der Waals surface area contributed by atoms with Crippen molar-refractivity contribution in [2.75, 3.05) is 0 Å². The van der Waals surface area contributed by atoms with Gasteiger partial charge in [0.1, 0.15) is 0 Å². The first-order valence-electron chi connectivity index (χ1n) is 11.4. The first-order valence-corrected chi connectivity index (χ1v) is 11.4. The van der Waals surface area contributed by atoms with Crippen molar-refractivity contribution < 1.29 is 0 Å². The SMILES string of the molecule is CCCCCC1CCC(CCC2CCC(CCC=CC#N)CC2)CC1. The van der Waals surface area contributed by atoms with Gasteiger partial charge in [-0.05, 0) is 36.5 Å². The fourth-order valence-corrected chi connectivity index (χ4v) is 5.24. The normalized spacial score (nSPS) is 30.4. The molecule has 2 aliphatic carbocycles. The number of nitriles is 1. The molecule has 0 radical (unpaired) electrons. The van der Waals surface area contributed by atoms with E-state index in [9.17, 15) is 0 Å². The Morgan fingerprint density at radius 2 is 1.20 bits per heavy atom. The summed E-state index contributed by atoms with van der Waals surface area (Å²) < 4.78 is 0. The van der Waals surface area contributed by atoms with Crippen LogP contribution >= 0.6 is 0 Å². The molecule has 2 rings (SSSR count). The van der Waals surface area contributed by atoms with E-state index in [0.717, 1.165) is 30.1 Å². The van der Waals surface area contributed by atoms with Gasteiger partial charge < -0.3 is 0 Å². The molecule has 2 saturated carbocycles. The van der Waals surface area contributed by atoms with Crippen LogP contribution < -0.4 is 0 Å². The average Bonchev–Trinajstić information content (AvgIpc) is 2.66. The summed E-state index contributed by atoms with van der Waals surface area (Å²) >= 11 is 0. The molecular formula is C24H41N. The van der Waals surface area contributed by atoms with Gasteiger partial charge in [0.15, 0.2) is 0 Å². The molecule has 0 aromatic heterocycles. The van der Waals surface area contributed by atoms with Gasteiger partial charge in [-0.3, -0.25) is 0 Å². The van der Waals surface area contributed by atoms with Crippen molar-refractivity contribution >= 4 is 0 Å². The van der Waals surface area contributed by atoms with Crippen molar-refractivity contribution in [2.24, 2.45) is 23.7 Å². The summed E-state index contributed by atoms with van der Waals surface area (Å²) in [5, 5.41) is 8.53. The number of allylic oxidation sites excluding steroid dienone is 2. The minimum Gasteiger partial charge on any atom is -0.193 e. The zero-order chi connectivity index (χ0) is 17.7. The molecule has 0 atom stereocenters. The Kier molecular flexibility index (Phi) is 10.3. The van der Waals surface area contributed by atoms with E-state index in [1.54, 1.807) is 6.08 Å². The van der Waals surface area contributed by atoms with Crippen LogP contribution in [0.25, 0.3) is 0 Å². The number of unbranched alkanes of at least 4 members (excludes halogenated alkanes) is 2. The van der Waals surface area contributed by atoms with Crippen LogP contribution in [-0.4, -0.2) is 0 Å². The molecule has 2 fully saturated rings. The van der Waals surface area contributed by atoms with Crippen molar-refractivity contribution in [3.63, 3.8) is 0 Å². The summed E-state index contributed by atoms with van der Waals surface area (Å²) in [4.78, 5) is 0. The highest BCUT2D eigenvalue weighted by Gasteiger charge is 2.24. The van der Waals surface area contributed by atoms with Crippen LogP contribution in [-0.2, 0) is 0 Å². The molecule has 0 aliphatic heterocycles. The minimum atomic E-state index is 0.929. The Morgan fingerprint density at radius 1 is 0.720 bits per heavy atom. The standard InChI is InChI=1S/C24H41N/c1-2-3-5-8-21-10-14-23(15-11-21)18-19-24-16-12-22(13-17-24)9-6-4-7-20-25/h4,7,21-24H,2-3,5-6,8-19H2,1H3. The van der Waals surface area contributed by atoms with E-state index in [1.165, 1.54) is 96.3 Å². The van der Waals surface area contributed by atoms with Crippen LogP contribution in [0, 0.1) is 35.0 Å². The summed E-state index contributed by atoms with van der Waals surface area (Å²) in [5.41, 5.74) is 0. The van der Waals surface area contributed by atoms with Gasteiger partial charge in [-0.1, -0.05) is 103 Å². The Bertz CT molecular complexity index is 389. The molecule has 25 heavy (non-hydrogen) atoms. The Morgan fingerprint density at radius 3 is 1.68 bits per heavy atom. The van der Waals surface area contributed by atoms with Gasteiger partial charge in [-0.25, -0.2) is 0 Å². The fourth-order valence-electron chi connectivity index (χ4n) is 5.24.